The largest absolute Gasteiger partial charge is 0.393 e. The number of rotatable bonds is 33. The maximum Gasteiger partial charge on any atom is 0.104 e. The van der Waals surface area contributed by atoms with Crippen molar-refractivity contribution in [2.75, 3.05) is 20.6 Å². The average molecular weight is 720 g/mol. The third-order valence-electron chi connectivity index (χ3n) is 8.87. The minimum absolute atomic E-state index is 0.0986. The van der Waals surface area contributed by atoms with E-state index in [1.807, 2.05) is 20.8 Å². The second-order valence-electron chi connectivity index (χ2n) is 14.5. The summed E-state index contributed by atoms with van der Waals surface area (Å²) in [5.41, 5.74) is 9.35. The lowest BCUT2D eigenvalue weighted by atomic mass is 10.0. The molecule has 0 aliphatic heterocycles. The van der Waals surface area contributed by atoms with Crippen LogP contribution in [-0.2, 0) is 0 Å². The van der Waals surface area contributed by atoms with E-state index < -0.39 is 0 Å². The van der Waals surface area contributed by atoms with E-state index in [9.17, 15) is 5.11 Å². The number of hydrogen-bond donors (Lipinski definition) is 6. The SMILES string of the molecule is CCCCCCCCCC(O)NC.CCCCCCCCCCCCCC(C)O.CCCCCCCCCCCCCC(C)O.CCN.CN. The number of nitrogens with one attached hydrogen (secondary N) is 1. The fourth-order valence-corrected chi connectivity index (χ4v) is 5.65. The molecule has 0 saturated heterocycles. The van der Waals surface area contributed by atoms with Crippen molar-refractivity contribution in [1.82, 2.24) is 5.32 Å². The molecular formula is C44H101N3O3. The van der Waals surface area contributed by atoms with Crippen molar-refractivity contribution in [1.29, 1.82) is 0 Å². The molecule has 0 aliphatic rings. The van der Waals surface area contributed by atoms with Gasteiger partial charge in [0.15, 0.2) is 0 Å². The van der Waals surface area contributed by atoms with Gasteiger partial charge in [-0.2, -0.15) is 0 Å². The first-order valence-electron chi connectivity index (χ1n) is 22.3. The number of aliphatic hydroxyl groups excluding tert-OH is 3. The highest BCUT2D eigenvalue weighted by Gasteiger charge is 1.99. The first-order valence-corrected chi connectivity index (χ1v) is 22.3. The van der Waals surface area contributed by atoms with Gasteiger partial charge in [-0.05, 0) is 60.2 Å². The van der Waals surface area contributed by atoms with Crippen LogP contribution in [0.15, 0.2) is 0 Å². The van der Waals surface area contributed by atoms with E-state index in [1.54, 1.807) is 7.05 Å². The number of nitrogens with two attached hydrogens (primary N) is 2. The van der Waals surface area contributed by atoms with Gasteiger partial charge in [0.2, 0.25) is 0 Å². The van der Waals surface area contributed by atoms with Crippen LogP contribution >= 0.6 is 0 Å². The Kier molecular flexibility index (Phi) is 71.8. The van der Waals surface area contributed by atoms with E-state index in [-0.39, 0.29) is 18.4 Å². The maximum absolute atomic E-state index is 9.19. The molecule has 0 bridgehead atoms. The monoisotopic (exact) mass is 720 g/mol. The molecule has 3 unspecified atom stereocenters. The molecule has 0 saturated carbocycles. The Bertz CT molecular complexity index is 465. The molecule has 0 rings (SSSR count). The van der Waals surface area contributed by atoms with Gasteiger partial charge in [0.25, 0.3) is 0 Å². The van der Waals surface area contributed by atoms with Crippen LogP contribution in [0.25, 0.3) is 0 Å². The molecular weight excluding hydrogens is 619 g/mol. The minimum Gasteiger partial charge on any atom is -0.393 e. The van der Waals surface area contributed by atoms with Crippen LogP contribution in [0.2, 0.25) is 0 Å². The lowest BCUT2D eigenvalue weighted by molar-refractivity contribution is 0.133. The summed E-state index contributed by atoms with van der Waals surface area (Å²) >= 11 is 0. The summed E-state index contributed by atoms with van der Waals surface area (Å²) in [6.45, 7) is 13.2. The maximum atomic E-state index is 9.19. The molecule has 310 valence electrons. The summed E-state index contributed by atoms with van der Waals surface area (Å²) in [6.07, 6.45) is 41.9. The third kappa shape index (κ3) is 77.3. The highest BCUT2D eigenvalue weighted by atomic mass is 16.3. The zero-order valence-electron chi connectivity index (χ0n) is 36.1. The molecule has 50 heavy (non-hydrogen) atoms. The van der Waals surface area contributed by atoms with E-state index >= 15 is 0 Å². The van der Waals surface area contributed by atoms with E-state index in [4.69, 9.17) is 15.9 Å². The van der Waals surface area contributed by atoms with Crippen LogP contribution in [0, 0.1) is 0 Å². The van der Waals surface area contributed by atoms with Crippen molar-refractivity contribution in [3.63, 3.8) is 0 Å². The summed E-state index contributed by atoms with van der Waals surface area (Å²) < 4.78 is 0. The molecule has 3 atom stereocenters. The van der Waals surface area contributed by atoms with Gasteiger partial charge >= 0.3 is 0 Å². The predicted octanol–water partition coefficient (Wildman–Crippen LogP) is 12.3. The molecule has 0 amide bonds. The van der Waals surface area contributed by atoms with Crippen LogP contribution in [0.4, 0.5) is 0 Å². The standard InChI is InChI=1S/2C15H32O.C11H25NO.C2H7N.CH5N/c2*1-3-4-5-6-7-8-9-10-11-12-13-14-15(2)16;1-3-4-5-6-7-8-9-10-11(13)12-2;1-2-3;1-2/h2*15-16H,3-14H2,1-2H3;11-13H,3-10H2,1-2H3;2-3H2,1H3;2H2,1H3. The van der Waals surface area contributed by atoms with Crippen LogP contribution < -0.4 is 16.8 Å². The highest BCUT2D eigenvalue weighted by Crippen LogP contribution is 2.14. The molecule has 0 heterocycles. The second kappa shape index (κ2) is 60.8. The zero-order valence-corrected chi connectivity index (χ0v) is 36.1. The van der Waals surface area contributed by atoms with Gasteiger partial charge < -0.3 is 26.8 Å². The fraction of sp³-hybridized carbons (Fsp3) is 1.00. The van der Waals surface area contributed by atoms with E-state index in [0.717, 1.165) is 32.2 Å². The number of hydrogen-bond acceptors (Lipinski definition) is 6. The van der Waals surface area contributed by atoms with Crippen molar-refractivity contribution in [3.8, 4) is 0 Å². The average Bonchev–Trinajstić information content (AvgIpc) is 3.10. The van der Waals surface area contributed by atoms with Gasteiger partial charge in [0.1, 0.15) is 6.23 Å². The van der Waals surface area contributed by atoms with Crippen LogP contribution in [0.3, 0.4) is 0 Å². The summed E-state index contributed by atoms with van der Waals surface area (Å²) in [6, 6.07) is 0. The Morgan fingerprint density at radius 1 is 0.380 bits per heavy atom. The lowest BCUT2D eigenvalue weighted by Gasteiger charge is -2.07. The molecule has 0 radical (unpaired) electrons. The van der Waals surface area contributed by atoms with Gasteiger partial charge in [-0.15, -0.1) is 0 Å². The van der Waals surface area contributed by atoms with E-state index in [1.165, 1.54) is 187 Å². The van der Waals surface area contributed by atoms with E-state index in [0.29, 0.717) is 0 Å². The normalized spacial score (nSPS) is 12.2. The Labute approximate surface area is 317 Å². The minimum atomic E-state index is -0.296. The number of aliphatic hydroxyl groups is 3. The van der Waals surface area contributed by atoms with Crippen LogP contribution in [-0.4, -0.2) is 54.4 Å². The second-order valence-corrected chi connectivity index (χ2v) is 14.5. The molecule has 0 aromatic carbocycles. The first kappa shape index (κ1) is 59.1. The molecule has 0 spiro atoms. The Morgan fingerprint density at radius 2 is 0.560 bits per heavy atom. The van der Waals surface area contributed by atoms with Crippen LogP contribution in [0.5, 0.6) is 0 Å². The van der Waals surface area contributed by atoms with Crippen molar-refractivity contribution < 1.29 is 15.3 Å². The van der Waals surface area contributed by atoms with E-state index in [2.05, 4.69) is 31.8 Å². The fourth-order valence-electron chi connectivity index (χ4n) is 5.65. The molecule has 6 heteroatoms. The molecule has 6 nitrogen and oxygen atoms in total. The number of unbranched alkanes of at least 4 members (excludes halogenated alkanes) is 26. The Morgan fingerprint density at radius 3 is 0.740 bits per heavy atom. The predicted molar refractivity (Wildman–Crippen MR) is 228 cm³/mol. The van der Waals surface area contributed by atoms with Crippen molar-refractivity contribution in [2.45, 2.75) is 265 Å². The highest BCUT2D eigenvalue weighted by molar-refractivity contribution is 4.53. The Hall–Kier alpha value is -0.240. The summed E-state index contributed by atoms with van der Waals surface area (Å²) in [7, 11) is 3.30. The van der Waals surface area contributed by atoms with Gasteiger partial charge in [-0.1, -0.05) is 207 Å². The zero-order chi connectivity index (χ0) is 38.8. The van der Waals surface area contributed by atoms with Crippen molar-refractivity contribution >= 4 is 0 Å². The van der Waals surface area contributed by atoms with Gasteiger partial charge in [-0.25, -0.2) is 0 Å². The van der Waals surface area contributed by atoms with Gasteiger partial charge in [-0.3, -0.25) is 5.32 Å². The third-order valence-corrected chi connectivity index (χ3v) is 8.87. The van der Waals surface area contributed by atoms with Crippen LogP contribution in [0.1, 0.15) is 247 Å². The molecule has 0 aromatic rings. The smallest absolute Gasteiger partial charge is 0.104 e. The van der Waals surface area contributed by atoms with Crippen molar-refractivity contribution in [3.05, 3.63) is 0 Å². The molecule has 0 aliphatic carbocycles. The van der Waals surface area contributed by atoms with Gasteiger partial charge in [0, 0.05) is 0 Å². The quantitative estimate of drug-likeness (QED) is 0.0296. The first-order chi connectivity index (χ1) is 24.3. The summed E-state index contributed by atoms with van der Waals surface area (Å²) in [5, 5.41) is 30.2. The molecule has 0 fully saturated rings. The summed E-state index contributed by atoms with van der Waals surface area (Å²) in [5.74, 6) is 0. The van der Waals surface area contributed by atoms with Crippen molar-refractivity contribution in [2.24, 2.45) is 11.5 Å². The lowest BCUT2D eigenvalue weighted by Crippen LogP contribution is -2.23. The Balaban J connectivity index is -0.000000191. The topological polar surface area (TPSA) is 125 Å². The molecule has 0 aromatic heterocycles. The van der Waals surface area contributed by atoms with Gasteiger partial charge in [0.05, 0.1) is 12.2 Å². The summed E-state index contributed by atoms with van der Waals surface area (Å²) in [4.78, 5) is 0. The molecule has 8 N–H and O–H groups in total.